The van der Waals surface area contributed by atoms with Crippen LogP contribution < -0.4 is 15.4 Å². The zero-order valence-corrected chi connectivity index (χ0v) is 14.4. The minimum Gasteiger partial charge on any atom is -0.490 e. The molecule has 0 saturated carbocycles. The van der Waals surface area contributed by atoms with Crippen LogP contribution in [0.3, 0.4) is 0 Å². The quantitative estimate of drug-likeness (QED) is 0.626. The molecule has 0 bridgehead atoms. The number of nitrogens with one attached hydrogen (secondary N) is 2. The van der Waals surface area contributed by atoms with Crippen LogP contribution in [0.25, 0.3) is 0 Å². The second-order valence-electron chi connectivity index (χ2n) is 6.66. The van der Waals surface area contributed by atoms with Crippen molar-refractivity contribution in [3.8, 4) is 5.75 Å². The number of carboxylic acid groups (broad SMARTS) is 1. The highest BCUT2D eigenvalue weighted by atomic mass is 19.1. The molecule has 2 atom stereocenters. The van der Waals surface area contributed by atoms with Gasteiger partial charge < -0.3 is 30.5 Å². The van der Waals surface area contributed by atoms with Crippen molar-refractivity contribution in [2.45, 2.75) is 30.9 Å². The topological polar surface area (TPSA) is 111 Å². The van der Waals surface area contributed by atoms with Crippen molar-refractivity contribution < 1.29 is 28.9 Å². The first-order chi connectivity index (χ1) is 12.3. The number of amides is 2. The summed E-state index contributed by atoms with van der Waals surface area (Å²) in [4.78, 5) is 23.9. The maximum absolute atomic E-state index is 13.9. The number of ether oxygens (including phenoxy) is 1. The predicted molar refractivity (Wildman–Crippen MR) is 90.9 cm³/mol. The van der Waals surface area contributed by atoms with Crippen LogP contribution in [-0.2, 0) is 11.2 Å². The van der Waals surface area contributed by atoms with Crippen molar-refractivity contribution in [3.63, 3.8) is 0 Å². The van der Waals surface area contributed by atoms with Gasteiger partial charge in [-0.05, 0) is 32.0 Å². The van der Waals surface area contributed by atoms with Gasteiger partial charge in [-0.15, -0.1) is 0 Å². The van der Waals surface area contributed by atoms with Gasteiger partial charge in [0.1, 0.15) is 23.8 Å². The Morgan fingerprint density at radius 2 is 2.27 bits per heavy atom. The molecule has 1 aromatic rings. The standard InChI is InChI=1S/C17H22FN3O5/c1-19-13-8-21(16(23)24)7-6-17(13,25)9-26-12-4-3-11(18)15-10(12)2-5-14(22)20-15/h3-4,13,19,25H,2,5-9H2,1H3,(H,20,22)(H,23,24)/t13-,17+/m1/s1. The van der Waals surface area contributed by atoms with E-state index in [1.807, 2.05) is 0 Å². The van der Waals surface area contributed by atoms with Crippen molar-refractivity contribution in [1.82, 2.24) is 10.2 Å². The second-order valence-corrected chi connectivity index (χ2v) is 6.66. The number of nitrogens with zero attached hydrogens (tertiary/aromatic N) is 1. The summed E-state index contributed by atoms with van der Waals surface area (Å²) in [5.74, 6) is -0.365. The van der Waals surface area contributed by atoms with Crippen molar-refractivity contribution in [2.24, 2.45) is 0 Å². The Kier molecular flexibility index (Phi) is 5.01. The SMILES string of the molecule is CN[C@@H]1CN(C(=O)O)CC[C@]1(O)COc1ccc(F)c2c1CCC(=O)N2. The van der Waals surface area contributed by atoms with Gasteiger partial charge in [0.2, 0.25) is 5.91 Å². The molecule has 2 aliphatic rings. The Bertz CT molecular complexity index is 729. The Balaban J connectivity index is 1.75. The maximum Gasteiger partial charge on any atom is 0.407 e. The average Bonchev–Trinajstić information content (AvgIpc) is 2.61. The fourth-order valence-corrected chi connectivity index (χ4v) is 3.45. The van der Waals surface area contributed by atoms with Crippen molar-refractivity contribution in [3.05, 3.63) is 23.5 Å². The van der Waals surface area contributed by atoms with E-state index in [1.54, 1.807) is 7.05 Å². The van der Waals surface area contributed by atoms with E-state index in [1.165, 1.54) is 17.0 Å². The third kappa shape index (κ3) is 3.45. The number of benzene rings is 1. The highest BCUT2D eigenvalue weighted by Crippen LogP contribution is 2.34. The molecule has 0 aromatic heterocycles. The number of piperidine rings is 1. The molecule has 0 unspecified atom stereocenters. The second kappa shape index (κ2) is 7.08. The van der Waals surface area contributed by atoms with Crippen LogP contribution in [0, 0.1) is 5.82 Å². The van der Waals surface area contributed by atoms with Gasteiger partial charge in [0, 0.05) is 25.1 Å². The molecule has 0 aliphatic carbocycles. The smallest absolute Gasteiger partial charge is 0.407 e. The summed E-state index contributed by atoms with van der Waals surface area (Å²) in [7, 11) is 1.65. The van der Waals surface area contributed by atoms with E-state index in [9.17, 15) is 19.1 Å². The summed E-state index contributed by atoms with van der Waals surface area (Å²) in [6.45, 7) is 0.270. The summed E-state index contributed by atoms with van der Waals surface area (Å²) < 4.78 is 19.7. The number of hydrogen-bond acceptors (Lipinski definition) is 5. The van der Waals surface area contributed by atoms with Crippen LogP contribution in [0.15, 0.2) is 12.1 Å². The van der Waals surface area contributed by atoms with Crippen molar-refractivity contribution in [1.29, 1.82) is 0 Å². The third-order valence-electron chi connectivity index (χ3n) is 5.05. The molecule has 2 heterocycles. The van der Waals surface area contributed by atoms with Gasteiger partial charge in [0.25, 0.3) is 0 Å². The lowest BCUT2D eigenvalue weighted by Crippen LogP contribution is -2.63. The fraction of sp³-hybridized carbons (Fsp3) is 0.529. The van der Waals surface area contributed by atoms with Crippen LogP contribution in [0.5, 0.6) is 5.75 Å². The Morgan fingerprint density at radius 3 is 2.96 bits per heavy atom. The summed E-state index contributed by atoms with van der Waals surface area (Å²) >= 11 is 0. The van der Waals surface area contributed by atoms with Crippen molar-refractivity contribution in [2.75, 3.05) is 32.1 Å². The fourth-order valence-electron chi connectivity index (χ4n) is 3.45. The number of likely N-dealkylation sites (tertiary alicyclic amines) is 1. The van der Waals surface area contributed by atoms with Crippen LogP contribution in [-0.4, -0.2) is 65.5 Å². The number of rotatable bonds is 4. The monoisotopic (exact) mass is 367 g/mol. The van der Waals surface area contributed by atoms with E-state index in [-0.39, 0.29) is 44.1 Å². The van der Waals surface area contributed by atoms with Gasteiger partial charge >= 0.3 is 6.09 Å². The molecule has 142 valence electrons. The Labute approximate surface area is 149 Å². The Hall–Kier alpha value is -2.39. The number of carbonyl (C=O) groups is 2. The molecule has 3 rings (SSSR count). The van der Waals surface area contributed by atoms with Gasteiger partial charge in [-0.3, -0.25) is 4.79 Å². The van der Waals surface area contributed by atoms with Gasteiger partial charge in [-0.25, -0.2) is 9.18 Å². The lowest BCUT2D eigenvalue weighted by molar-refractivity contribution is -0.116. The highest BCUT2D eigenvalue weighted by Gasteiger charge is 2.43. The lowest BCUT2D eigenvalue weighted by Gasteiger charge is -2.43. The molecule has 0 radical (unpaired) electrons. The lowest BCUT2D eigenvalue weighted by atomic mass is 9.87. The van der Waals surface area contributed by atoms with Gasteiger partial charge in [-0.2, -0.15) is 0 Å². The summed E-state index contributed by atoms with van der Waals surface area (Å²) in [5.41, 5.74) is -0.575. The summed E-state index contributed by atoms with van der Waals surface area (Å²) in [5, 5.41) is 25.5. The number of anilines is 1. The number of halogens is 1. The van der Waals surface area contributed by atoms with Gasteiger partial charge in [-0.1, -0.05) is 0 Å². The third-order valence-corrected chi connectivity index (χ3v) is 5.05. The first kappa shape index (κ1) is 18.4. The van der Waals surface area contributed by atoms with E-state index < -0.39 is 23.6 Å². The largest absolute Gasteiger partial charge is 0.490 e. The normalized spacial score (nSPS) is 25.4. The number of fused-ring (bicyclic) bond motifs is 1. The van der Waals surface area contributed by atoms with Crippen molar-refractivity contribution >= 4 is 17.7 Å². The molecule has 2 amide bonds. The molecular formula is C17H22FN3O5. The molecule has 8 nitrogen and oxygen atoms in total. The molecule has 1 fully saturated rings. The highest BCUT2D eigenvalue weighted by molar-refractivity contribution is 5.94. The minimum atomic E-state index is -1.26. The number of aliphatic hydroxyl groups is 1. The van der Waals surface area contributed by atoms with E-state index in [0.29, 0.717) is 17.7 Å². The first-order valence-electron chi connectivity index (χ1n) is 8.45. The maximum atomic E-state index is 13.9. The zero-order valence-electron chi connectivity index (χ0n) is 14.4. The van der Waals surface area contributed by atoms with E-state index in [0.717, 1.165) is 0 Å². The molecule has 0 spiro atoms. The molecule has 4 N–H and O–H groups in total. The minimum absolute atomic E-state index is 0.0714. The molecule has 9 heteroatoms. The first-order valence-corrected chi connectivity index (χ1v) is 8.45. The molecule has 26 heavy (non-hydrogen) atoms. The summed E-state index contributed by atoms with van der Waals surface area (Å²) in [6, 6.07) is 2.20. The molecule has 2 aliphatic heterocycles. The predicted octanol–water partition coefficient (Wildman–Crippen LogP) is 0.792. The number of likely N-dealkylation sites (N-methyl/N-ethyl adjacent to an activating group) is 1. The van der Waals surface area contributed by atoms with E-state index >= 15 is 0 Å². The van der Waals surface area contributed by atoms with Crippen LogP contribution in [0.2, 0.25) is 0 Å². The van der Waals surface area contributed by atoms with E-state index in [2.05, 4.69) is 10.6 Å². The van der Waals surface area contributed by atoms with E-state index in [4.69, 9.17) is 9.84 Å². The van der Waals surface area contributed by atoms with Gasteiger partial charge in [0.15, 0.2) is 0 Å². The number of hydrogen-bond donors (Lipinski definition) is 4. The molecular weight excluding hydrogens is 345 g/mol. The number of carbonyl (C=O) groups excluding carboxylic acids is 1. The van der Waals surface area contributed by atoms with Gasteiger partial charge in [0.05, 0.1) is 11.7 Å². The van der Waals surface area contributed by atoms with Crippen LogP contribution in [0.4, 0.5) is 14.9 Å². The van der Waals surface area contributed by atoms with Crippen LogP contribution in [0.1, 0.15) is 18.4 Å². The summed E-state index contributed by atoms with van der Waals surface area (Å²) in [6.07, 6.45) is -0.222. The Morgan fingerprint density at radius 1 is 1.50 bits per heavy atom. The van der Waals surface area contributed by atoms with Crippen LogP contribution >= 0.6 is 0 Å². The molecule has 1 saturated heterocycles. The molecule has 1 aromatic carbocycles. The zero-order chi connectivity index (χ0) is 18.9. The average molecular weight is 367 g/mol.